The van der Waals surface area contributed by atoms with E-state index in [1.54, 1.807) is 36.4 Å². The third-order valence-corrected chi connectivity index (χ3v) is 4.04. The quantitative estimate of drug-likeness (QED) is 0.685. The van der Waals surface area contributed by atoms with Crippen LogP contribution in [0.2, 0.25) is 10.0 Å². The fourth-order valence-electron chi connectivity index (χ4n) is 2.15. The molecular formula is C18H20Cl2N2O3. The molecule has 0 fully saturated rings. The number of carbonyl (C=O) groups is 1. The first-order valence-electron chi connectivity index (χ1n) is 7.92. The zero-order valence-electron chi connectivity index (χ0n) is 14.1. The lowest BCUT2D eigenvalue weighted by molar-refractivity contribution is -0.114. The normalized spacial score (nSPS) is 10.2. The number of ether oxygens (including phenoxy) is 2. The number of amides is 1. The molecule has 7 heteroatoms. The summed E-state index contributed by atoms with van der Waals surface area (Å²) in [6.45, 7) is 4.89. The average Bonchev–Trinajstić information content (AvgIpc) is 2.59. The van der Waals surface area contributed by atoms with Crippen LogP contribution >= 0.6 is 23.2 Å². The Balaban J connectivity index is 2.00. The molecule has 134 valence electrons. The Morgan fingerprint density at radius 3 is 2.48 bits per heavy atom. The Morgan fingerprint density at radius 1 is 1.04 bits per heavy atom. The lowest BCUT2D eigenvalue weighted by Gasteiger charge is -2.13. The highest BCUT2D eigenvalue weighted by atomic mass is 35.5. The Labute approximate surface area is 157 Å². The first-order valence-corrected chi connectivity index (χ1v) is 8.68. The largest absolute Gasteiger partial charge is 0.490 e. The van der Waals surface area contributed by atoms with Gasteiger partial charge >= 0.3 is 0 Å². The third-order valence-electron chi connectivity index (χ3n) is 3.22. The van der Waals surface area contributed by atoms with E-state index in [-0.39, 0.29) is 12.5 Å². The van der Waals surface area contributed by atoms with Gasteiger partial charge in [0.1, 0.15) is 0 Å². The summed E-state index contributed by atoms with van der Waals surface area (Å²) < 4.78 is 11.0. The van der Waals surface area contributed by atoms with Crippen LogP contribution in [0.1, 0.15) is 13.8 Å². The van der Waals surface area contributed by atoms with Gasteiger partial charge in [0.2, 0.25) is 5.91 Å². The van der Waals surface area contributed by atoms with Crippen LogP contribution in [-0.2, 0) is 4.79 Å². The van der Waals surface area contributed by atoms with Gasteiger partial charge in [0.05, 0.1) is 35.5 Å². The summed E-state index contributed by atoms with van der Waals surface area (Å²) in [4.78, 5) is 12.1. The highest BCUT2D eigenvalue weighted by Gasteiger charge is 2.10. The van der Waals surface area contributed by atoms with E-state index in [0.717, 1.165) is 0 Å². The van der Waals surface area contributed by atoms with Gasteiger partial charge in [0.25, 0.3) is 0 Å². The van der Waals surface area contributed by atoms with Gasteiger partial charge in [-0.05, 0) is 38.1 Å². The molecule has 0 bridgehead atoms. The number of hydrogen-bond donors (Lipinski definition) is 2. The highest BCUT2D eigenvalue weighted by molar-refractivity contribution is 6.43. The van der Waals surface area contributed by atoms with Gasteiger partial charge in [-0.25, -0.2) is 0 Å². The molecule has 0 aliphatic carbocycles. The standard InChI is InChI=1S/C18H20Cl2N2O3/c1-3-24-15-9-8-12(10-16(15)25-4-2)22-17(23)11-21-14-7-5-6-13(19)18(14)20/h5-10,21H,3-4,11H2,1-2H3,(H,22,23). The molecule has 0 radical (unpaired) electrons. The highest BCUT2D eigenvalue weighted by Crippen LogP contribution is 2.31. The summed E-state index contributed by atoms with van der Waals surface area (Å²) in [6, 6.07) is 10.5. The molecule has 0 unspecified atom stereocenters. The first kappa shape index (κ1) is 19.2. The molecule has 2 N–H and O–H groups in total. The molecule has 0 saturated carbocycles. The van der Waals surface area contributed by atoms with E-state index in [2.05, 4.69) is 10.6 Å². The summed E-state index contributed by atoms with van der Waals surface area (Å²) in [5.74, 6) is 1.02. The lowest BCUT2D eigenvalue weighted by Crippen LogP contribution is -2.21. The maximum Gasteiger partial charge on any atom is 0.243 e. The Bertz CT molecular complexity index is 738. The number of rotatable bonds is 8. The summed E-state index contributed by atoms with van der Waals surface area (Å²) in [7, 11) is 0. The van der Waals surface area contributed by atoms with Gasteiger partial charge in [-0.3, -0.25) is 4.79 Å². The second-order valence-corrected chi connectivity index (χ2v) is 5.82. The van der Waals surface area contributed by atoms with E-state index in [1.165, 1.54) is 0 Å². The molecule has 0 aromatic heterocycles. The van der Waals surface area contributed by atoms with Crippen molar-refractivity contribution in [1.29, 1.82) is 0 Å². The zero-order chi connectivity index (χ0) is 18.2. The first-order chi connectivity index (χ1) is 12.0. The van der Waals surface area contributed by atoms with Gasteiger partial charge in [-0.1, -0.05) is 29.3 Å². The summed E-state index contributed by atoms with van der Waals surface area (Å²) in [5.41, 5.74) is 1.22. The molecule has 2 rings (SSSR count). The predicted molar refractivity (Wildman–Crippen MR) is 102 cm³/mol. The molecule has 0 spiro atoms. The van der Waals surface area contributed by atoms with E-state index in [0.29, 0.717) is 46.1 Å². The molecule has 0 aliphatic heterocycles. The van der Waals surface area contributed by atoms with Crippen LogP contribution in [-0.4, -0.2) is 25.7 Å². The molecule has 0 aliphatic rings. The van der Waals surface area contributed by atoms with E-state index in [1.807, 2.05) is 13.8 Å². The fraction of sp³-hybridized carbons (Fsp3) is 0.278. The number of carbonyl (C=O) groups excluding carboxylic acids is 1. The fourth-order valence-corrected chi connectivity index (χ4v) is 2.52. The number of nitrogens with one attached hydrogen (secondary N) is 2. The van der Waals surface area contributed by atoms with E-state index in [9.17, 15) is 4.79 Å². The topological polar surface area (TPSA) is 59.6 Å². The van der Waals surface area contributed by atoms with Crippen molar-refractivity contribution in [3.8, 4) is 11.5 Å². The zero-order valence-corrected chi connectivity index (χ0v) is 15.6. The van der Waals surface area contributed by atoms with Gasteiger partial charge in [-0.15, -0.1) is 0 Å². The van der Waals surface area contributed by atoms with Gasteiger partial charge in [0, 0.05) is 11.8 Å². The molecule has 5 nitrogen and oxygen atoms in total. The van der Waals surface area contributed by atoms with Crippen molar-refractivity contribution >= 4 is 40.5 Å². The van der Waals surface area contributed by atoms with Crippen LogP contribution in [0.15, 0.2) is 36.4 Å². The molecule has 2 aromatic carbocycles. The second kappa shape index (κ2) is 9.39. The summed E-state index contributed by atoms with van der Waals surface area (Å²) in [5, 5.41) is 6.58. The number of halogens is 2. The van der Waals surface area contributed by atoms with Crippen LogP contribution in [0.25, 0.3) is 0 Å². The third kappa shape index (κ3) is 5.44. The van der Waals surface area contributed by atoms with Crippen molar-refractivity contribution in [2.24, 2.45) is 0 Å². The summed E-state index contributed by atoms with van der Waals surface area (Å²) >= 11 is 12.0. The van der Waals surface area contributed by atoms with Crippen molar-refractivity contribution in [1.82, 2.24) is 0 Å². The van der Waals surface area contributed by atoms with Gasteiger partial charge in [-0.2, -0.15) is 0 Å². The van der Waals surface area contributed by atoms with Gasteiger partial charge < -0.3 is 20.1 Å². The van der Waals surface area contributed by atoms with Gasteiger partial charge in [0.15, 0.2) is 11.5 Å². The lowest BCUT2D eigenvalue weighted by atomic mass is 10.2. The molecule has 1 amide bonds. The maximum atomic E-state index is 12.1. The molecule has 2 aromatic rings. The van der Waals surface area contributed by atoms with Crippen LogP contribution in [0.5, 0.6) is 11.5 Å². The maximum absolute atomic E-state index is 12.1. The van der Waals surface area contributed by atoms with Crippen LogP contribution < -0.4 is 20.1 Å². The Kier molecular flexibility index (Phi) is 7.22. The number of benzene rings is 2. The Morgan fingerprint density at radius 2 is 1.76 bits per heavy atom. The minimum Gasteiger partial charge on any atom is -0.490 e. The minimum absolute atomic E-state index is 0.0528. The summed E-state index contributed by atoms with van der Waals surface area (Å²) in [6.07, 6.45) is 0. The van der Waals surface area contributed by atoms with E-state index in [4.69, 9.17) is 32.7 Å². The van der Waals surface area contributed by atoms with Crippen LogP contribution in [0.4, 0.5) is 11.4 Å². The molecule has 0 saturated heterocycles. The molecular weight excluding hydrogens is 363 g/mol. The number of hydrogen-bond acceptors (Lipinski definition) is 4. The monoisotopic (exact) mass is 382 g/mol. The van der Waals surface area contributed by atoms with E-state index < -0.39 is 0 Å². The molecule has 0 heterocycles. The second-order valence-electron chi connectivity index (χ2n) is 5.03. The molecule has 25 heavy (non-hydrogen) atoms. The minimum atomic E-state index is -0.220. The van der Waals surface area contributed by atoms with Crippen molar-refractivity contribution in [2.75, 3.05) is 30.4 Å². The number of anilines is 2. The van der Waals surface area contributed by atoms with E-state index >= 15 is 0 Å². The average molecular weight is 383 g/mol. The van der Waals surface area contributed by atoms with Crippen molar-refractivity contribution in [3.05, 3.63) is 46.4 Å². The van der Waals surface area contributed by atoms with Crippen LogP contribution in [0.3, 0.4) is 0 Å². The predicted octanol–water partition coefficient (Wildman–Crippen LogP) is 4.84. The van der Waals surface area contributed by atoms with Crippen molar-refractivity contribution in [3.63, 3.8) is 0 Å². The molecule has 0 atom stereocenters. The van der Waals surface area contributed by atoms with Crippen LogP contribution in [0, 0.1) is 0 Å². The smallest absolute Gasteiger partial charge is 0.243 e. The Hall–Kier alpha value is -2.11. The van der Waals surface area contributed by atoms with Crippen molar-refractivity contribution < 1.29 is 14.3 Å². The SMILES string of the molecule is CCOc1ccc(NC(=O)CNc2cccc(Cl)c2Cl)cc1OCC. The van der Waals surface area contributed by atoms with Crippen molar-refractivity contribution in [2.45, 2.75) is 13.8 Å².